The molecule has 10 heteroatoms. The average Bonchev–Trinajstić information content (AvgIpc) is 2.92. The van der Waals surface area contributed by atoms with Crippen molar-refractivity contribution in [2.45, 2.75) is 46.6 Å². The molecule has 0 fully saturated rings. The Hall–Kier alpha value is -2.75. The van der Waals surface area contributed by atoms with Crippen LogP contribution in [0.15, 0.2) is 9.59 Å². The summed E-state index contributed by atoms with van der Waals surface area (Å²) >= 11 is 1.04. The van der Waals surface area contributed by atoms with Gasteiger partial charge in [0.25, 0.3) is 5.56 Å². The van der Waals surface area contributed by atoms with Crippen LogP contribution < -0.4 is 16.6 Å². The van der Waals surface area contributed by atoms with Crippen molar-refractivity contribution in [3.05, 3.63) is 42.7 Å². The van der Waals surface area contributed by atoms with E-state index in [1.54, 1.807) is 27.7 Å². The largest absolute Gasteiger partial charge is 0.459 e. The number of aryl methyl sites for hydroxylation is 2. The maximum absolute atomic E-state index is 12.2. The van der Waals surface area contributed by atoms with Crippen molar-refractivity contribution < 1.29 is 14.3 Å². The number of nitrogens with one attached hydrogen (secondary N) is 2. The third-order valence-corrected chi connectivity index (χ3v) is 4.84. The first-order chi connectivity index (χ1) is 12.6. The van der Waals surface area contributed by atoms with E-state index < -0.39 is 17.2 Å². The smallest absolute Gasteiger partial charge is 0.350 e. The van der Waals surface area contributed by atoms with Crippen LogP contribution in [-0.4, -0.2) is 32.5 Å². The Morgan fingerprint density at radius 1 is 1.30 bits per heavy atom. The summed E-state index contributed by atoms with van der Waals surface area (Å²) in [6, 6.07) is 0. The monoisotopic (exact) mass is 394 g/mol. The number of hydrogen-bond acceptors (Lipinski definition) is 7. The Morgan fingerprint density at radius 2 is 1.96 bits per heavy atom. The zero-order valence-corrected chi connectivity index (χ0v) is 16.7. The number of carbonyl (C=O) groups is 2. The molecule has 0 unspecified atom stereocenters. The van der Waals surface area contributed by atoms with Gasteiger partial charge in [-0.25, -0.2) is 14.6 Å². The molecule has 0 atom stereocenters. The number of aromatic amines is 1. The summed E-state index contributed by atoms with van der Waals surface area (Å²) < 4.78 is 6.11. The predicted molar refractivity (Wildman–Crippen MR) is 101 cm³/mol. The molecule has 2 N–H and O–H groups in total. The number of rotatable bonds is 6. The van der Waals surface area contributed by atoms with Gasteiger partial charge in [-0.1, -0.05) is 11.3 Å². The highest BCUT2D eigenvalue weighted by molar-refractivity contribution is 7.17. The molecule has 9 nitrogen and oxygen atoms in total. The molecule has 146 valence electrons. The molecule has 0 saturated heterocycles. The van der Waals surface area contributed by atoms with Crippen LogP contribution in [0.2, 0.25) is 0 Å². The Bertz CT molecular complexity index is 986. The lowest BCUT2D eigenvalue weighted by Crippen LogP contribution is -2.36. The maximum Gasteiger partial charge on any atom is 0.350 e. The second-order valence-electron chi connectivity index (χ2n) is 6.33. The van der Waals surface area contributed by atoms with Gasteiger partial charge in [0.2, 0.25) is 5.91 Å². The van der Waals surface area contributed by atoms with E-state index in [0.717, 1.165) is 15.9 Å². The molecule has 0 spiro atoms. The summed E-state index contributed by atoms with van der Waals surface area (Å²) in [6.07, 6.45) is -0.0412. The van der Waals surface area contributed by atoms with Crippen molar-refractivity contribution in [3.8, 4) is 0 Å². The molecule has 0 bridgehead atoms. The normalized spacial score (nSPS) is 10.9. The van der Waals surface area contributed by atoms with E-state index in [2.05, 4.69) is 15.3 Å². The van der Waals surface area contributed by atoms with Gasteiger partial charge in [-0.15, -0.1) is 0 Å². The van der Waals surface area contributed by atoms with Crippen LogP contribution in [0.4, 0.5) is 5.13 Å². The van der Waals surface area contributed by atoms with E-state index in [1.165, 1.54) is 7.05 Å². The molecule has 0 aliphatic carbocycles. The SMILES string of the molecule is Cc1nc(NC(=O)CCc2c(C)[nH]c(=O)n(C)c2=O)sc1C(=O)OC(C)C. The van der Waals surface area contributed by atoms with E-state index >= 15 is 0 Å². The minimum absolute atomic E-state index is 0.0343. The van der Waals surface area contributed by atoms with E-state index in [0.29, 0.717) is 27.0 Å². The molecule has 0 aliphatic heterocycles. The first-order valence-electron chi connectivity index (χ1n) is 8.37. The molecule has 2 aromatic heterocycles. The molecule has 0 aliphatic rings. The lowest BCUT2D eigenvalue weighted by Gasteiger charge is -2.07. The second kappa shape index (κ2) is 8.30. The van der Waals surface area contributed by atoms with Crippen LogP contribution in [0, 0.1) is 13.8 Å². The lowest BCUT2D eigenvalue weighted by atomic mass is 10.1. The third kappa shape index (κ3) is 4.91. The Balaban J connectivity index is 2.05. The standard InChI is InChI=1S/C17H22N4O5S/c1-8(2)26-15(24)13-10(4)18-16(27-13)20-12(22)7-6-11-9(3)19-17(25)21(5)14(11)23/h8H,6-7H2,1-5H3,(H,19,25)(H,18,20,22). The fourth-order valence-corrected chi connectivity index (χ4v) is 3.26. The topological polar surface area (TPSA) is 123 Å². The minimum Gasteiger partial charge on any atom is -0.459 e. The number of thiazole rings is 1. The molecular weight excluding hydrogens is 372 g/mol. The van der Waals surface area contributed by atoms with Gasteiger partial charge in [0, 0.05) is 24.7 Å². The average molecular weight is 394 g/mol. The Labute approximate surface area is 159 Å². The van der Waals surface area contributed by atoms with Crippen LogP contribution in [0.3, 0.4) is 0 Å². The van der Waals surface area contributed by atoms with Gasteiger partial charge in [-0.05, 0) is 34.1 Å². The van der Waals surface area contributed by atoms with Crippen LogP contribution in [0.1, 0.15) is 46.9 Å². The number of hydrogen-bond donors (Lipinski definition) is 2. The first kappa shape index (κ1) is 20.6. The second-order valence-corrected chi connectivity index (χ2v) is 7.33. The highest BCUT2D eigenvalue weighted by Crippen LogP contribution is 2.24. The third-order valence-electron chi connectivity index (χ3n) is 3.79. The minimum atomic E-state index is -0.496. The number of aromatic nitrogens is 3. The fraction of sp³-hybridized carbons (Fsp3) is 0.471. The van der Waals surface area contributed by atoms with Gasteiger partial charge in [0.15, 0.2) is 5.13 Å². The predicted octanol–water partition coefficient (Wildman–Crippen LogP) is 1.28. The summed E-state index contributed by atoms with van der Waals surface area (Å²) in [6.45, 7) is 6.78. The number of nitrogens with zero attached hydrogens (tertiary/aromatic N) is 2. The van der Waals surface area contributed by atoms with Gasteiger partial charge in [-0.2, -0.15) is 0 Å². The maximum atomic E-state index is 12.2. The molecule has 2 heterocycles. The van der Waals surface area contributed by atoms with Gasteiger partial charge in [0.05, 0.1) is 11.8 Å². The van der Waals surface area contributed by atoms with E-state index in [9.17, 15) is 19.2 Å². The van der Waals surface area contributed by atoms with Crippen LogP contribution in [0.5, 0.6) is 0 Å². The number of esters is 1. The summed E-state index contributed by atoms with van der Waals surface area (Å²) in [5, 5.41) is 2.92. The number of amides is 1. The summed E-state index contributed by atoms with van der Waals surface area (Å²) in [4.78, 5) is 54.9. The summed E-state index contributed by atoms with van der Waals surface area (Å²) in [5.41, 5.74) is 0.382. The van der Waals surface area contributed by atoms with Gasteiger partial charge in [-0.3, -0.25) is 14.2 Å². The van der Waals surface area contributed by atoms with Gasteiger partial charge in [0.1, 0.15) is 4.88 Å². The van der Waals surface area contributed by atoms with Crippen molar-refractivity contribution in [1.82, 2.24) is 14.5 Å². The number of ether oxygens (including phenoxy) is 1. The van der Waals surface area contributed by atoms with Crippen LogP contribution in [0.25, 0.3) is 0 Å². The fourth-order valence-electron chi connectivity index (χ4n) is 2.40. The molecular formula is C17H22N4O5S. The van der Waals surface area contributed by atoms with Crippen LogP contribution in [-0.2, 0) is 23.0 Å². The zero-order valence-electron chi connectivity index (χ0n) is 15.8. The molecule has 27 heavy (non-hydrogen) atoms. The lowest BCUT2D eigenvalue weighted by molar-refractivity contribution is -0.116. The summed E-state index contributed by atoms with van der Waals surface area (Å²) in [5.74, 6) is -0.826. The number of anilines is 1. The summed E-state index contributed by atoms with van der Waals surface area (Å²) in [7, 11) is 1.38. The van der Waals surface area contributed by atoms with Crippen LogP contribution >= 0.6 is 11.3 Å². The quantitative estimate of drug-likeness (QED) is 0.712. The van der Waals surface area contributed by atoms with Crippen molar-refractivity contribution >= 4 is 28.3 Å². The Kier molecular flexibility index (Phi) is 6.32. The molecule has 0 aromatic carbocycles. The van der Waals surface area contributed by atoms with Gasteiger partial charge >= 0.3 is 11.7 Å². The van der Waals surface area contributed by atoms with Gasteiger partial charge < -0.3 is 15.0 Å². The highest BCUT2D eigenvalue weighted by Gasteiger charge is 2.19. The van der Waals surface area contributed by atoms with Crippen molar-refractivity contribution in [2.24, 2.45) is 7.05 Å². The highest BCUT2D eigenvalue weighted by atomic mass is 32.1. The Morgan fingerprint density at radius 3 is 2.59 bits per heavy atom. The zero-order chi connectivity index (χ0) is 20.3. The molecule has 2 rings (SSSR count). The molecule has 0 radical (unpaired) electrons. The van der Waals surface area contributed by atoms with Crippen molar-refractivity contribution in [2.75, 3.05) is 5.32 Å². The van der Waals surface area contributed by atoms with E-state index in [1.807, 2.05) is 0 Å². The first-order valence-corrected chi connectivity index (χ1v) is 9.18. The van der Waals surface area contributed by atoms with Crippen molar-refractivity contribution in [3.63, 3.8) is 0 Å². The van der Waals surface area contributed by atoms with E-state index in [4.69, 9.17) is 4.74 Å². The molecule has 0 saturated carbocycles. The van der Waals surface area contributed by atoms with E-state index in [-0.39, 0.29) is 24.9 Å². The molecule has 2 aromatic rings. The number of carbonyl (C=O) groups excluding carboxylic acids is 2. The molecule has 1 amide bonds. The number of H-pyrrole nitrogens is 1. The van der Waals surface area contributed by atoms with Crippen molar-refractivity contribution in [1.29, 1.82) is 0 Å².